The van der Waals surface area contributed by atoms with E-state index >= 15 is 0 Å². The number of imidazole rings is 1. The second-order valence-electron chi connectivity index (χ2n) is 4.74. The molecule has 20 heavy (non-hydrogen) atoms. The van der Waals surface area contributed by atoms with E-state index in [-0.39, 0.29) is 29.5 Å². The molecule has 0 N–H and O–H groups in total. The number of hydrogen-bond donors (Lipinski definition) is 0. The Kier molecular flexibility index (Phi) is 3.69. The molecule has 1 aromatic carbocycles. The molecule has 0 amide bonds. The number of nitro groups is 1. The zero-order valence-electron chi connectivity index (χ0n) is 11.1. The fourth-order valence-corrected chi connectivity index (χ4v) is 1.98. The number of hydrogen-bond acceptors (Lipinski definition) is 3. The molecule has 0 spiro atoms. The van der Waals surface area contributed by atoms with Crippen LogP contribution in [-0.4, -0.2) is 14.1 Å². The molecule has 0 saturated carbocycles. The number of rotatable bonds is 4. The van der Waals surface area contributed by atoms with Crippen molar-refractivity contribution in [2.24, 2.45) is 0 Å². The topological polar surface area (TPSA) is 70.1 Å². The van der Waals surface area contributed by atoms with Crippen LogP contribution >= 0.6 is 0 Å². The zero-order valence-corrected chi connectivity index (χ0v) is 11.1. The van der Waals surface area contributed by atoms with Crippen molar-refractivity contribution in [1.82, 2.24) is 9.13 Å². The fourth-order valence-electron chi connectivity index (χ4n) is 1.98. The minimum atomic E-state index is -0.584. The zero-order chi connectivity index (χ0) is 14.9. The molecule has 0 saturated heterocycles. The van der Waals surface area contributed by atoms with E-state index in [2.05, 4.69) is 0 Å². The van der Waals surface area contributed by atoms with E-state index in [0.29, 0.717) is 0 Å². The molecule has 1 aromatic heterocycles. The minimum Gasteiger partial charge on any atom is -0.297 e. The number of benzene rings is 1. The van der Waals surface area contributed by atoms with Gasteiger partial charge in [0.1, 0.15) is 5.82 Å². The lowest BCUT2D eigenvalue weighted by Gasteiger charge is -2.06. The third-order valence-corrected chi connectivity index (χ3v) is 3.01. The van der Waals surface area contributed by atoms with Crippen LogP contribution in [0.25, 0.3) is 0 Å². The Balaban J connectivity index is 2.42. The Morgan fingerprint density at radius 3 is 2.60 bits per heavy atom. The van der Waals surface area contributed by atoms with Gasteiger partial charge in [-0.25, -0.2) is 9.18 Å². The van der Waals surface area contributed by atoms with Gasteiger partial charge < -0.3 is 0 Å². The minimum absolute atomic E-state index is 0.00811. The summed E-state index contributed by atoms with van der Waals surface area (Å²) in [4.78, 5) is 22.4. The van der Waals surface area contributed by atoms with Crippen molar-refractivity contribution in [3.63, 3.8) is 0 Å². The number of nitrogens with zero attached hydrogens (tertiary/aromatic N) is 3. The van der Waals surface area contributed by atoms with Gasteiger partial charge in [-0.1, -0.05) is 0 Å². The molecule has 2 rings (SSSR count). The van der Waals surface area contributed by atoms with Crippen LogP contribution in [0.1, 0.15) is 25.5 Å². The number of nitro benzene ring substituents is 1. The Morgan fingerprint density at radius 2 is 2.05 bits per heavy atom. The van der Waals surface area contributed by atoms with E-state index in [1.165, 1.54) is 15.3 Å². The van der Waals surface area contributed by atoms with E-state index in [0.717, 1.165) is 18.2 Å². The molecule has 0 radical (unpaired) electrons. The van der Waals surface area contributed by atoms with Crippen LogP contribution in [0, 0.1) is 15.9 Å². The van der Waals surface area contributed by atoms with Crippen molar-refractivity contribution in [2.45, 2.75) is 26.4 Å². The van der Waals surface area contributed by atoms with Crippen LogP contribution in [0.5, 0.6) is 0 Å². The largest absolute Gasteiger partial charge is 0.328 e. The lowest BCUT2D eigenvalue weighted by Crippen LogP contribution is -2.25. The van der Waals surface area contributed by atoms with Crippen molar-refractivity contribution in [2.75, 3.05) is 0 Å². The van der Waals surface area contributed by atoms with Crippen molar-refractivity contribution in [3.05, 3.63) is 62.6 Å². The second kappa shape index (κ2) is 5.28. The van der Waals surface area contributed by atoms with E-state index < -0.39 is 10.7 Å². The number of halogens is 1. The van der Waals surface area contributed by atoms with Crippen molar-refractivity contribution in [3.8, 4) is 0 Å². The van der Waals surface area contributed by atoms with Gasteiger partial charge in [0.25, 0.3) is 5.69 Å². The lowest BCUT2D eigenvalue weighted by molar-refractivity contribution is -0.385. The van der Waals surface area contributed by atoms with Crippen LogP contribution in [0.3, 0.4) is 0 Å². The van der Waals surface area contributed by atoms with Crippen LogP contribution in [0.15, 0.2) is 35.4 Å². The number of aromatic nitrogens is 2. The van der Waals surface area contributed by atoms with Crippen LogP contribution in [0.4, 0.5) is 10.1 Å². The van der Waals surface area contributed by atoms with E-state index in [4.69, 9.17) is 0 Å². The maximum atomic E-state index is 13.2. The predicted octanol–water partition coefficient (Wildman–Crippen LogP) is 2.33. The van der Waals surface area contributed by atoms with Gasteiger partial charge in [0.05, 0.1) is 17.0 Å². The monoisotopic (exact) mass is 279 g/mol. The average molecular weight is 279 g/mol. The van der Waals surface area contributed by atoms with Crippen LogP contribution in [-0.2, 0) is 6.54 Å². The van der Waals surface area contributed by atoms with Crippen molar-refractivity contribution < 1.29 is 9.31 Å². The molecule has 1 heterocycles. The molecule has 0 atom stereocenters. The quantitative estimate of drug-likeness (QED) is 0.637. The van der Waals surface area contributed by atoms with Gasteiger partial charge in [-0.15, -0.1) is 0 Å². The fraction of sp³-hybridized carbons (Fsp3) is 0.308. The van der Waals surface area contributed by atoms with Gasteiger partial charge in [0, 0.05) is 24.5 Å². The first-order chi connectivity index (χ1) is 9.40. The summed E-state index contributed by atoms with van der Waals surface area (Å²) in [6.07, 6.45) is 3.15. The summed E-state index contributed by atoms with van der Waals surface area (Å²) in [6.45, 7) is 3.68. The molecular formula is C13H14FN3O3. The molecular weight excluding hydrogens is 265 g/mol. The normalized spacial score (nSPS) is 11.0. The molecule has 106 valence electrons. The summed E-state index contributed by atoms with van der Waals surface area (Å²) < 4.78 is 16.1. The first kappa shape index (κ1) is 14.0. The second-order valence-corrected chi connectivity index (χ2v) is 4.74. The summed E-state index contributed by atoms with van der Waals surface area (Å²) >= 11 is 0. The van der Waals surface area contributed by atoms with E-state index in [1.54, 1.807) is 6.20 Å². The van der Waals surface area contributed by atoms with Gasteiger partial charge in [0.2, 0.25) is 0 Å². The molecule has 0 aliphatic heterocycles. The van der Waals surface area contributed by atoms with Gasteiger partial charge >= 0.3 is 5.69 Å². The highest BCUT2D eigenvalue weighted by Gasteiger charge is 2.16. The molecule has 2 aromatic rings. The Morgan fingerprint density at radius 1 is 1.35 bits per heavy atom. The summed E-state index contributed by atoms with van der Waals surface area (Å²) in [5, 5.41) is 10.9. The Hall–Kier alpha value is -2.44. The summed E-state index contributed by atoms with van der Waals surface area (Å²) in [5.74, 6) is -0.568. The third-order valence-electron chi connectivity index (χ3n) is 3.01. The van der Waals surface area contributed by atoms with Gasteiger partial charge in [-0.05, 0) is 26.0 Å². The van der Waals surface area contributed by atoms with Gasteiger partial charge in [0.15, 0.2) is 0 Å². The van der Waals surface area contributed by atoms with E-state index in [9.17, 15) is 19.3 Å². The Bertz CT molecular complexity index is 703. The smallest absolute Gasteiger partial charge is 0.297 e. The standard InChI is InChI=1S/C13H14FN3O3/c1-9(2)16-6-5-15(13(16)18)8-10-7-11(14)3-4-12(10)17(19)20/h3-7,9H,8H2,1-2H3. The van der Waals surface area contributed by atoms with Gasteiger partial charge in [-0.3, -0.25) is 19.2 Å². The molecule has 0 fully saturated rings. The molecule has 7 heteroatoms. The molecule has 0 bridgehead atoms. The first-order valence-corrected chi connectivity index (χ1v) is 6.10. The first-order valence-electron chi connectivity index (χ1n) is 6.10. The molecule has 0 aliphatic rings. The van der Waals surface area contributed by atoms with E-state index in [1.807, 2.05) is 13.8 Å². The predicted molar refractivity (Wildman–Crippen MR) is 71.2 cm³/mol. The van der Waals surface area contributed by atoms with Crippen LogP contribution in [0.2, 0.25) is 0 Å². The summed E-state index contributed by atoms with van der Waals surface area (Å²) in [6, 6.07) is 3.21. The average Bonchev–Trinajstić information content (AvgIpc) is 2.71. The van der Waals surface area contributed by atoms with Crippen LogP contribution < -0.4 is 5.69 Å². The highest BCUT2D eigenvalue weighted by atomic mass is 19.1. The third kappa shape index (κ3) is 2.61. The summed E-state index contributed by atoms with van der Waals surface area (Å²) in [7, 11) is 0. The van der Waals surface area contributed by atoms with Crippen molar-refractivity contribution >= 4 is 5.69 Å². The maximum Gasteiger partial charge on any atom is 0.328 e. The highest BCUT2D eigenvalue weighted by Crippen LogP contribution is 2.20. The summed E-state index contributed by atoms with van der Waals surface area (Å²) in [5.41, 5.74) is -0.312. The van der Waals surface area contributed by atoms with Gasteiger partial charge in [-0.2, -0.15) is 0 Å². The SMILES string of the molecule is CC(C)n1ccn(Cc2cc(F)ccc2[N+](=O)[O-])c1=O. The maximum absolute atomic E-state index is 13.2. The highest BCUT2D eigenvalue weighted by molar-refractivity contribution is 5.40. The Labute approximate surface area is 114 Å². The molecule has 6 nitrogen and oxygen atoms in total. The van der Waals surface area contributed by atoms with Crippen molar-refractivity contribution in [1.29, 1.82) is 0 Å². The molecule has 0 aliphatic carbocycles. The lowest BCUT2D eigenvalue weighted by atomic mass is 10.1. The molecule has 0 unspecified atom stereocenters.